The van der Waals surface area contributed by atoms with Crippen molar-refractivity contribution >= 4 is 15.8 Å². The monoisotopic (exact) mass is 413 g/mol. The van der Waals surface area contributed by atoms with Crippen LogP contribution in [-0.4, -0.2) is 36.3 Å². The lowest BCUT2D eigenvalue weighted by Crippen LogP contribution is -2.32. The Morgan fingerprint density at radius 1 is 1.14 bits per heavy atom. The predicted octanol–water partition coefficient (Wildman–Crippen LogP) is 3.37. The largest absolute Gasteiger partial charge is 0.355 e. The van der Waals surface area contributed by atoms with E-state index in [1.165, 1.54) is 6.20 Å². The molecule has 2 aromatic heterocycles. The fourth-order valence-corrected chi connectivity index (χ4v) is 4.32. The standard InChI is InChI=1S/C21H27N5O2S/c1-4-8-17(2)24-29(27,28)20-11-12-21(22-14-20)25(3)15-18-13-23-26(16-18)19-9-6-5-7-10-19/h5-7,9-14,16-17,24H,4,8,15H2,1-3H3. The molecule has 0 aliphatic heterocycles. The number of rotatable bonds is 9. The molecule has 3 rings (SSSR count). The topological polar surface area (TPSA) is 80.1 Å². The number of sulfonamides is 1. The van der Waals surface area contributed by atoms with Crippen molar-refractivity contribution in [1.82, 2.24) is 19.5 Å². The van der Waals surface area contributed by atoms with Gasteiger partial charge in [-0.05, 0) is 37.6 Å². The zero-order valence-electron chi connectivity index (χ0n) is 17.0. The molecule has 0 spiro atoms. The maximum atomic E-state index is 12.5. The van der Waals surface area contributed by atoms with E-state index in [-0.39, 0.29) is 10.9 Å². The Hall–Kier alpha value is -2.71. The minimum atomic E-state index is -3.55. The third-order valence-corrected chi connectivity index (χ3v) is 6.15. The number of pyridine rings is 1. The predicted molar refractivity (Wildman–Crippen MR) is 115 cm³/mol. The zero-order valence-corrected chi connectivity index (χ0v) is 17.8. The second-order valence-electron chi connectivity index (χ2n) is 7.15. The number of aromatic nitrogens is 3. The molecule has 0 aliphatic carbocycles. The van der Waals surface area contributed by atoms with Gasteiger partial charge in [-0.15, -0.1) is 0 Å². The van der Waals surface area contributed by atoms with Crippen LogP contribution in [0.25, 0.3) is 5.69 Å². The molecule has 1 N–H and O–H groups in total. The lowest BCUT2D eigenvalue weighted by molar-refractivity contribution is 0.543. The summed E-state index contributed by atoms with van der Waals surface area (Å²) < 4.78 is 29.4. The van der Waals surface area contributed by atoms with Gasteiger partial charge in [-0.2, -0.15) is 5.10 Å². The molecule has 154 valence electrons. The molecule has 0 aliphatic rings. The normalized spacial score (nSPS) is 12.7. The van der Waals surface area contributed by atoms with Crippen molar-refractivity contribution in [2.75, 3.05) is 11.9 Å². The molecule has 7 nitrogen and oxygen atoms in total. The lowest BCUT2D eigenvalue weighted by atomic mass is 10.2. The van der Waals surface area contributed by atoms with Crippen molar-refractivity contribution in [2.45, 2.75) is 44.2 Å². The summed E-state index contributed by atoms with van der Waals surface area (Å²) in [6, 6.07) is 13.1. The summed E-state index contributed by atoms with van der Waals surface area (Å²) in [5, 5.41) is 4.40. The first-order valence-corrected chi connectivity index (χ1v) is 11.2. The maximum absolute atomic E-state index is 12.5. The average molecular weight is 414 g/mol. The summed E-state index contributed by atoms with van der Waals surface area (Å²) in [4.78, 5) is 6.47. The van der Waals surface area contributed by atoms with E-state index < -0.39 is 10.0 Å². The molecule has 0 bridgehead atoms. The number of para-hydroxylation sites is 1. The van der Waals surface area contributed by atoms with Crippen LogP contribution in [0.1, 0.15) is 32.3 Å². The van der Waals surface area contributed by atoms with Gasteiger partial charge in [0.2, 0.25) is 10.0 Å². The number of hydrogen-bond acceptors (Lipinski definition) is 5. The van der Waals surface area contributed by atoms with E-state index in [1.807, 2.05) is 73.2 Å². The SMILES string of the molecule is CCCC(C)NS(=O)(=O)c1ccc(N(C)Cc2cnn(-c3ccccc3)c2)nc1. The second kappa shape index (κ2) is 9.19. The molecule has 3 aromatic rings. The van der Waals surface area contributed by atoms with Gasteiger partial charge in [0, 0.05) is 37.6 Å². The zero-order chi connectivity index (χ0) is 20.9. The van der Waals surface area contributed by atoms with Crippen LogP contribution < -0.4 is 9.62 Å². The van der Waals surface area contributed by atoms with Crippen LogP contribution in [-0.2, 0) is 16.6 Å². The highest BCUT2D eigenvalue weighted by Gasteiger charge is 2.18. The average Bonchev–Trinajstić information content (AvgIpc) is 3.17. The number of nitrogens with one attached hydrogen (secondary N) is 1. The Labute approximate surface area is 172 Å². The summed E-state index contributed by atoms with van der Waals surface area (Å²) in [7, 11) is -1.64. The van der Waals surface area contributed by atoms with Crippen molar-refractivity contribution in [1.29, 1.82) is 0 Å². The van der Waals surface area contributed by atoms with Crippen LogP contribution in [0, 0.1) is 0 Å². The van der Waals surface area contributed by atoms with Crippen molar-refractivity contribution in [3.8, 4) is 5.69 Å². The smallest absolute Gasteiger partial charge is 0.242 e. The third kappa shape index (κ3) is 5.42. The van der Waals surface area contributed by atoms with Gasteiger partial charge in [-0.3, -0.25) is 0 Å². The molecule has 0 amide bonds. The molecular formula is C21H27N5O2S. The van der Waals surface area contributed by atoms with Crippen molar-refractivity contribution in [3.63, 3.8) is 0 Å². The Morgan fingerprint density at radius 2 is 1.90 bits per heavy atom. The number of hydrogen-bond donors (Lipinski definition) is 1. The van der Waals surface area contributed by atoms with Crippen molar-refractivity contribution < 1.29 is 8.42 Å². The summed E-state index contributed by atoms with van der Waals surface area (Å²) in [6.45, 7) is 4.50. The summed E-state index contributed by atoms with van der Waals surface area (Å²) >= 11 is 0. The van der Waals surface area contributed by atoms with Crippen LogP contribution >= 0.6 is 0 Å². The van der Waals surface area contributed by atoms with Crippen molar-refractivity contribution in [2.24, 2.45) is 0 Å². The molecule has 1 aromatic carbocycles. The lowest BCUT2D eigenvalue weighted by Gasteiger charge is -2.18. The Kier molecular flexibility index (Phi) is 6.66. The van der Waals surface area contributed by atoms with Gasteiger partial charge in [-0.25, -0.2) is 22.8 Å². The fourth-order valence-electron chi connectivity index (χ4n) is 3.10. The molecule has 0 fully saturated rings. The van der Waals surface area contributed by atoms with Gasteiger partial charge in [0.15, 0.2) is 0 Å². The Balaban J connectivity index is 1.66. The van der Waals surface area contributed by atoms with Crippen LogP contribution in [0.4, 0.5) is 5.82 Å². The molecule has 0 radical (unpaired) electrons. The van der Waals surface area contributed by atoms with E-state index in [0.717, 1.165) is 24.1 Å². The highest BCUT2D eigenvalue weighted by Crippen LogP contribution is 2.17. The van der Waals surface area contributed by atoms with E-state index in [0.29, 0.717) is 12.4 Å². The van der Waals surface area contributed by atoms with Gasteiger partial charge in [-0.1, -0.05) is 31.5 Å². The molecule has 8 heteroatoms. The number of benzene rings is 1. The first kappa shape index (κ1) is 21.0. The van der Waals surface area contributed by atoms with Gasteiger partial charge < -0.3 is 4.90 Å². The highest BCUT2D eigenvalue weighted by atomic mass is 32.2. The third-order valence-electron chi connectivity index (χ3n) is 4.58. The van der Waals surface area contributed by atoms with Crippen LogP contribution in [0.5, 0.6) is 0 Å². The van der Waals surface area contributed by atoms with Gasteiger partial charge in [0.05, 0.1) is 11.9 Å². The summed E-state index contributed by atoms with van der Waals surface area (Å²) in [6.07, 6.45) is 6.92. The number of nitrogens with zero attached hydrogens (tertiary/aromatic N) is 4. The van der Waals surface area contributed by atoms with E-state index in [1.54, 1.807) is 12.1 Å². The van der Waals surface area contributed by atoms with Crippen LogP contribution in [0.2, 0.25) is 0 Å². The molecule has 0 saturated carbocycles. The van der Waals surface area contributed by atoms with E-state index in [2.05, 4.69) is 14.8 Å². The molecule has 2 heterocycles. The van der Waals surface area contributed by atoms with E-state index in [4.69, 9.17) is 0 Å². The molecule has 0 saturated heterocycles. The number of anilines is 1. The molecule has 1 atom stereocenters. The van der Waals surface area contributed by atoms with E-state index >= 15 is 0 Å². The minimum Gasteiger partial charge on any atom is -0.355 e. The minimum absolute atomic E-state index is 0.103. The Morgan fingerprint density at radius 3 is 2.55 bits per heavy atom. The molecular weight excluding hydrogens is 386 g/mol. The van der Waals surface area contributed by atoms with Gasteiger partial charge in [0.1, 0.15) is 10.7 Å². The highest BCUT2D eigenvalue weighted by molar-refractivity contribution is 7.89. The van der Waals surface area contributed by atoms with Crippen LogP contribution in [0.3, 0.4) is 0 Å². The first-order valence-electron chi connectivity index (χ1n) is 9.67. The molecule has 29 heavy (non-hydrogen) atoms. The summed E-state index contributed by atoms with van der Waals surface area (Å²) in [5.41, 5.74) is 2.03. The van der Waals surface area contributed by atoms with Gasteiger partial charge in [0.25, 0.3) is 0 Å². The van der Waals surface area contributed by atoms with Crippen molar-refractivity contribution in [3.05, 3.63) is 66.6 Å². The van der Waals surface area contributed by atoms with Gasteiger partial charge >= 0.3 is 0 Å². The maximum Gasteiger partial charge on any atom is 0.242 e. The van der Waals surface area contributed by atoms with Crippen LogP contribution in [0.15, 0.2) is 66.0 Å². The first-order chi connectivity index (χ1) is 13.9. The Bertz CT molecular complexity index is 1020. The van der Waals surface area contributed by atoms with E-state index in [9.17, 15) is 8.42 Å². The summed E-state index contributed by atoms with van der Waals surface area (Å²) in [5.74, 6) is 0.693. The quantitative estimate of drug-likeness (QED) is 0.582. The molecule has 1 unspecified atom stereocenters. The second-order valence-corrected chi connectivity index (χ2v) is 8.86. The fraction of sp³-hybridized carbons (Fsp3) is 0.333.